The lowest BCUT2D eigenvalue weighted by molar-refractivity contribution is 0.0932. The van der Waals surface area contributed by atoms with E-state index in [2.05, 4.69) is 11.4 Å². The lowest BCUT2D eigenvalue weighted by Crippen LogP contribution is -2.31. The van der Waals surface area contributed by atoms with E-state index in [9.17, 15) is 4.79 Å². The van der Waals surface area contributed by atoms with E-state index in [-0.39, 0.29) is 11.9 Å². The summed E-state index contributed by atoms with van der Waals surface area (Å²) >= 11 is 6.19. The Morgan fingerprint density at radius 2 is 2.12 bits per heavy atom. The molecule has 1 unspecified atom stereocenters. The number of carbonyl (C=O) groups excluding carboxylic acids is 1. The van der Waals surface area contributed by atoms with Crippen LogP contribution in [0.5, 0.6) is 11.5 Å². The molecular weight excluding hydrogens is 338 g/mol. The van der Waals surface area contributed by atoms with Crippen molar-refractivity contribution in [2.24, 2.45) is 0 Å². The molecule has 1 N–H and O–H groups in total. The van der Waals surface area contributed by atoms with E-state index in [1.165, 1.54) is 5.56 Å². The summed E-state index contributed by atoms with van der Waals surface area (Å²) in [5.74, 6) is 1.32. The Hall–Kier alpha value is -2.20. The van der Waals surface area contributed by atoms with Crippen LogP contribution in [0.4, 0.5) is 0 Å². The summed E-state index contributed by atoms with van der Waals surface area (Å²) in [7, 11) is 1.67. The molecule has 2 aromatic rings. The van der Waals surface area contributed by atoms with Crippen LogP contribution in [0.3, 0.4) is 0 Å². The zero-order valence-corrected chi connectivity index (χ0v) is 15.2. The van der Waals surface area contributed by atoms with Crippen LogP contribution in [-0.4, -0.2) is 19.6 Å². The first-order valence-electron chi connectivity index (χ1n) is 8.52. The predicted molar refractivity (Wildman–Crippen MR) is 98.8 cm³/mol. The van der Waals surface area contributed by atoms with Gasteiger partial charge in [-0.15, -0.1) is 0 Å². The molecule has 2 aromatic carbocycles. The molecule has 5 heteroatoms. The number of hydrogen-bond acceptors (Lipinski definition) is 3. The van der Waals surface area contributed by atoms with Gasteiger partial charge in [0, 0.05) is 5.56 Å². The van der Waals surface area contributed by atoms with E-state index in [1.807, 2.05) is 19.1 Å². The molecule has 0 spiro atoms. The van der Waals surface area contributed by atoms with Gasteiger partial charge in [-0.1, -0.05) is 17.7 Å². The Bertz CT molecular complexity index is 776. The topological polar surface area (TPSA) is 47.6 Å². The summed E-state index contributed by atoms with van der Waals surface area (Å²) in [5, 5.41) is 3.58. The third-order valence-electron chi connectivity index (χ3n) is 4.46. The van der Waals surface area contributed by atoms with Crippen molar-refractivity contribution in [3.05, 3.63) is 58.1 Å². The van der Waals surface area contributed by atoms with Gasteiger partial charge in [-0.2, -0.15) is 0 Å². The Balaban J connectivity index is 1.77. The second kappa shape index (κ2) is 7.79. The van der Waals surface area contributed by atoms with E-state index in [1.54, 1.807) is 25.3 Å². The fraction of sp³-hybridized carbons (Fsp3) is 0.350. The summed E-state index contributed by atoms with van der Waals surface area (Å²) in [6, 6.07) is 11.2. The van der Waals surface area contributed by atoms with Crippen molar-refractivity contribution in [3.63, 3.8) is 0 Å². The van der Waals surface area contributed by atoms with Gasteiger partial charge in [-0.3, -0.25) is 4.79 Å². The Labute approximate surface area is 153 Å². The molecule has 1 aliphatic rings. The summed E-state index contributed by atoms with van der Waals surface area (Å²) < 4.78 is 10.7. The molecule has 0 fully saturated rings. The fourth-order valence-corrected chi connectivity index (χ4v) is 3.46. The monoisotopic (exact) mass is 359 g/mol. The molecule has 25 heavy (non-hydrogen) atoms. The van der Waals surface area contributed by atoms with Crippen molar-refractivity contribution >= 4 is 17.5 Å². The largest absolute Gasteiger partial charge is 0.497 e. The number of halogens is 1. The van der Waals surface area contributed by atoms with Crippen LogP contribution in [0.1, 0.15) is 47.3 Å². The molecule has 4 nitrogen and oxygen atoms in total. The van der Waals surface area contributed by atoms with Crippen molar-refractivity contribution in [2.75, 3.05) is 13.7 Å². The minimum atomic E-state index is -0.126. The molecule has 1 atom stereocenters. The maximum atomic E-state index is 12.6. The molecule has 0 aromatic heterocycles. The summed E-state index contributed by atoms with van der Waals surface area (Å²) in [5.41, 5.74) is 2.94. The van der Waals surface area contributed by atoms with Gasteiger partial charge in [-0.25, -0.2) is 0 Å². The molecule has 0 heterocycles. The third-order valence-corrected chi connectivity index (χ3v) is 4.76. The zero-order chi connectivity index (χ0) is 17.8. The highest BCUT2D eigenvalue weighted by Crippen LogP contribution is 2.33. The summed E-state index contributed by atoms with van der Waals surface area (Å²) in [6.07, 6.45) is 2.97. The molecule has 0 saturated carbocycles. The van der Waals surface area contributed by atoms with Gasteiger partial charge in [0.15, 0.2) is 0 Å². The number of carbonyl (C=O) groups is 1. The van der Waals surface area contributed by atoms with E-state index < -0.39 is 0 Å². The number of benzene rings is 2. The second-order valence-corrected chi connectivity index (χ2v) is 6.47. The lowest BCUT2D eigenvalue weighted by Gasteiger charge is -2.27. The van der Waals surface area contributed by atoms with Gasteiger partial charge in [0.2, 0.25) is 0 Å². The van der Waals surface area contributed by atoms with Crippen LogP contribution < -0.4 is 14.8 Å². The molecular formula is C20H22ClNO3. The number of hydrogen-bond donors (Lipinski definition) is 1. The molecule has 1 amide bonds. The van der Waals surface area contributed by atoms with E-state index in [0.717, 1.165) is 30.6 Å². The SMILES string of the molecule is CCOc1ccc(C(=O)NC2CCCc3cc(OC)ccc32)cc1Cl. The van der Waals surface area contributed by atoms with Gasteiger partial charge in [0.25, 0.3) is 5.91 Å². The first-order chi connectivity index (χ1) is 12.1. The van der Waals surface area contributed by atoms with Crippen LogP contribution in [0.15, 0.2) is 36.4 Å². The smallest absolute Gasteiger partial charge is 0.251 e. The van der Waals surface area contributed by atoms with E-state index in [4.69, 9.17) is 21.1 Å². The van der Waals surface area contributed by atoms with Crippen molar-refractivity contribution in [1.82, 2.24) is 5.32 Å². The standard InChI is InChI=1S/C20H22ClNO3/c1-3-25-19-10-7-14(12-17(19)21)20(23)22-18-6-4-5-13-11-15(24-2)8-9-16(13)18/h7-12,18H,3-6H2,1-2H3,(H,22,23). The van der Waals surface area contributed by atoms with Crippen LogP contribution in [0.2, 0.25) is 5.02 Å². The normalized spacial score (nSPS) is 16.0. The maximum absolute atomic E-state index is 12.6. The molecule has 132 valence electrons. The highest BCUT2D eigenvalue weighted by atomic mass is 35.5. The Morgan fingerprint density at radius 1 is 1.28 bits per heavy atom. The zero-order valence-electron chi connectivity index (χ0n) is 14.5. The summed E-state index contributed by atoms with van der Waals surface area (Å²) in [6.45, 7) is 2.43. The lowest BCUT2D eigenvalue weighted by atomic mass is 9.87. The van der Waals surface area contributed by atoms with Crippen LogP contribution in [0, 0.1) is 0 Å². The molecule has 0 aliphatic heterocycles. The number of methoxy groups -OCH3 is 1. The minimum absolute atomic E-state index is 0.00694. The second-order valence-electron chi connectivity index (χ2n) is 6.06. The average molecular weight is 360 g/mol. The van der Waals surface area contributed by atoms with Crippen molar-refractivity contribution in [3.8, 4) is 11.5 Å². The van der Waals surface area contributed by atoms with Crippen LogP contribution in [-0.2, 0) is 6.42 Å². The van der Waals surface area contributed by atoms with Crippen LogP contribution in [0.25, 0.3) is 0 Å². The summed E-state index contributed by atoms with van der Waals surface area (Å²) in [4.78, 5) is 12.6. The van der Waals surface area contributed by atoms with Gasteiger partial charge in [-0.05, 0) is 67.6 Å². The molecule has 0 bridgehead atoms. The maximum Gasteiger partial charge on any atom is 0.251 e. The fourth-order valence-electron chi connectivity index (χ4n) is 3.22. The minimum Gasteiger partial charge on any atom is -0.497 e. The van der Waals surface area contributed by atoms with Crippen LogP contribution >= 0.6 is 11.6 Å². The van der Waals surface area contributed by atoms with Crippen molar-refractivity contribution < 1.29 is 14.3 Å². The van der Waals surface area contributed by atoms with E-state index >= 15 is 0 Å². The van der Waals surface area contributed by atoms with Crippen molar-refractivity contribution in [2.45, 2.75) is 32.2 Å². The third kappa shape index (κ3) is 3.90. The number of aryl methyl sites for hydroxylation is 1. The van der Waals surface area contributed by atoms with Gasteiger partial charge < -0.3 is 14.8 Å². The highest BCUT2D eigenvalue weighted by Gasteiger charge is 2.23. The molecule has 1 aliphatic carbocycles. The Kier molecular flexibility index (Phi) is 5.49. The first-order valence-corrected chi connectivity index (χ1v) is 8.90. The number of ether oxygens (including phenoxy) is 2. The van der Waals surface area contributed by atoms with Gasteiger partial charge in [0.05, 0.1) is 24.8 Å². The molecule has 0 radical (unpaired) electrons. The number of nitrogens with one attached hydrogen (secondary N) is 1. The molecule has 0 saturated heterocycles. The molecule has 3 rings (SSSR count). The predicted octanol–water partition coefficient (Wildman–Crippen LogP) is 4.55. The Morgan fingerprint density at radius 3 is 2.84 bits per heavy atom. The average Bonchev–Trinajstić information content (AvgIpc) is 2.63. The highest BCUT2D eigenvalue weighted by molar-refractivity contribution is 6.32. The van der Waals surface area contributed by atoms with E-state index in [0.29, 0.717) is 22.9 Å². The van der Waals surface area contributed by atoms with Gasteiger partial charge >= 0.3 is 0 Å². The number of fused-ring (bicyclic) bond motifs is 1. The number of amides is 1. The van der Waals surface area contributed by atoms with Crippen molar-refractivity contribution in [1.29, 1.82) is 0 Å². The first kappa shape index (κ1) is 17.6. The number of rotatable bonds is 5. The quantitative estimate of drug-likeness (QED) is 0.851. The van der Waals surface area contributed by atoms with Gasteiger partial charge in [0.1, 0.15) is 11.5 Å².